The van der Waals surface area contributed by atoms with Crippen LogP contribution in [0.4, 0.5) is 10.6 Å². The molecule has 94 valence electrons. The maximum atomic E-state index is 11.8. The van der Waals surface area contributed by atoms with Gasteiger partial charge in [-0.15, -0.1) is 11.3 Å². The van der Waals surface area contributed by atoms with Crippen molar-refractivity contribution in [3.05, 3.63) is 10.4 Å². The highest BCUT2D eigenvalue weighted by molar-refractivity contribution is 7.10. The fourth-order valence-corrected chi connectivity index (χ4v) is 2.53. The van der Waals surface area contributed by atoms with E-state index in [0.29, 0.717) is 17.8 Å². The maximum absolute atomic E-state index is 11.8. The van der Waals surface area contributed by atoms with E-state index in [4.69, 9.17) is 0 Å². The van der Waals surface area contributed by atoms with Crippen molar-refractivity contribution in [3.63, 3.8) is 0 Å². The van der Waals surface area contributed by atoms with Gasteiger partial charge in [0.25, 0.3) is 0 Å². The van der Waals surface area contributed by atoms with Crippen molar-refractivity contribution in [2.24, 2.45) is 5.41 Å². The third kappa shape index (κ3) is 2.77. The van der Waals surface area contributed by atoms with Crippen molar-refractivity contribution in [1.29, 1.82) is 0 Å². The molecule has 5 heteroatoms. The Morgan fingerprint density at radius 3 is 2.76 bits per heavy atom. The zero-order valence-electron chi connectivity index (χ0n) is 10.7. The molecule has 1 fully saturated rings. The van der Waals surface area contributed by atoms with Crippen LogP contribution in [0.1, 0.15) is 44.9 Å². The van der Waals surface area contributed by atoms with Gasteiger partial charge in [-0.1, -0.05) is 27.7 Å². The first kappa shape index (κ1) is 12.4. The number of carbonyl (C=O) groups is 1. The predicted octanol–water partition coefficient (Wildman–Crippen LogP) is 3.19. The molecule has 1 aliphatic rings. The van der Waals surface area contributed by atoms with E-state index in [1.54, 1.807) is 16.8 Å². The van der Waals surface area contributed by atoms with E-state index in [9.17, 15) is 4.79 Å². The fraction of sp³-hybridized carbons (Fsp3) is 0.667. The molecule has 0 aromatic carbocycles. The van der Waals surface area contributed by atoms with Gasteiger partial charge in [-0.05, 0) is 17.8 Å². The molecule has 2 N–H and O–H groups in total. The van der Waals surface area contributed by atoms with Crippen LogP contribution in [0.2, 0.25) is 0 Å². The summed E-state index contributed by atoms with van der Waals surface area (Å²) in [5.41, 5.74) is 2.02. The molecule has 1 aliphatic carbocycles. The highest BCUT2D eigenvalue weighted by Gasteiger charge is 2.46. The molecule has 0 spiro atoms. The van der Waals surface area contributed by atoms with Gasteiger partial charge >= 0.3 is 6.03 Å². The van der Waals surface area contributed by atoms with Crippen LogP contribution in [-0.4, -0.2) is 17.1 Å². The summed E-state index contributed by atoms with van der Waals surface area (Å²) in [6.07, 6.45) is 1.05. The average Bonchev–Trinajstić information content (AvgIpc) is 2.62. The monoisotopic (exact) mass is 253 g/mol. The molecule has 1 aromatic heterocycles. The lowest BCUT2D eigenvalue weighted by Gasteiger charge is -2.09. The van der Waals surface area contributed by atoms with Gasteiger partial charge in [-0.3, -0.25) is 5.32 Å². The van der Waals surface area contributed by atoms with E-state index in [0.717, 1.165) is 11.3 Å². The zero-order valence-corrected chi connectivity index (χ0v) is 11.5. The number of thiazole rings is 1. The molecular formula is C12H19N3OS. The molecule has 4 nitrogen and oxygen atoms in total. The van der Waals surface area contributed by atoms with Crippen LogP contribution in [0.3, 0.4) is 0 Å². The number of urea groups is 1. The van der Waals surface area contributed by atoms with Crippen molar-refractivity contribution in [2.45, 2.75) is 46.1 Å². The van der Waals surface area contributed by atoms with Crippen molar-refractivity contribution >= 4 is 23.2 Å². The number of amides is 2. The fourth-order valence-electron chi connectivity index (χ4n) is 1.77. The second-order valence-corrected chi connectivity index (χ2v) is 6.45. The molecule has 0 radical (unpaired) electrons. The Bertz CT molecular complexity index is 425. The summed E-state index contributed by atoms with van der Waals surface area (Å²) in [6.45, 7) is 8.50. The minimum absolute atomic E-state index is 0.145. The van der Waals surface area contributed by atoms with E-state index in [1.807, 2.05) is 0 Å². The number of rotatable bonds is 3. The average molecular weight is 253 g/mol. The normalized spacial score (nSPS) is 21.4. The second-order valence-electron chi connectivity index (χ2n) is 5.56. The van der Waals surface area contributed by atoms with Crippen LogP contribution in [-0.2, 0) is 0 Å². The van der Waals surface area contributed by atoms with Gasteiger partial charge in [0.1, 0.15) is 5.82 Å². The summed E-state index contributed by atoms with van der Waals surface area (Å²) < 4.78 is 0. The third-order valence-electron chi connectivity index (χ3n) is 3.17. The first-order valence-electron chi connectivity index (χ1n) is 5.91. The molecule has 0 unspecified atom stereocenters. The Morgan fingerprint density at radius 1 is 1.59 bits per heavy atom. The number of nitrogens with one attached hydrogen (secondary N) is 2. The van der Waals surface area contributed by atoms with Crippen LogP contribution in [0.15, 0.2) is 5.51 Å². The second kappa shape index (κ2) is 4.29. The van der Waals surface area contributed by atoms with Crippen LogP contribution in [0.5, 0.6) is 0 Å². The van der Waals surface area contributed by atoms with E-state index in [2.05, 4.69) is 43.3 Å². The molecule has 1 aromatic rings. The molecule has 1 saturated carbocycles. The number of hydrogen-bond acceptors (Lipinski definition) is 3. The number of anilines is 1. The minimum Gasteiger partial charge on any atom is -0.335 e. The lowest BCUT2D eigenvalue weighted by Crippen LogP contribution is -2.33. The van der Waals surface area contributed by atoms with Gasteiger partial charge < -0.3 is 5.32 Å². The molecule has 2 rings (SSSR count). The molecule has 0 bridgehead atoms. The van der Waals surface area contributed by atoms with E-state index in [-0.39, 0.29) is 11.4 Å². The summed E-state index contributed by atoms with van der Waals surface area (Å²) in [7, 11) is 0. The largest absolute Gasteiger partial charge is 0.335 e. The third-order valence-corrected chi connectivity index (χ3v) is 4.30. The number of hydrogen-bond donors (Lipinski definition) is 2. The molecule has 1 heterocycles. The van der Waals surface area contributed by atoms with E-state index >= 15 is 0 Å². The molecule has 1 atom stereocenters. The number of carbonyl (C=O) groups excluding carboxylic acids is 1. The van der Waals surface area contributed by atoms with Gasteiger partial charge in [-0.25, -0.2) is 9.78 Å². The van der Waals surface area contributed by atoms with Gasteiger partial charge in [0.05, 0.1) is 10.4 Å². The van der Waals surface area contributed by atoms with Gasteiger partial charge in [0.15, 0.2) is 0 Å². The molecule has 0 aliphatic heterocycles. The Balaban J connectivity index is 1.92. The molecule has 2 amide bonds. The SMILES string of the molecule is CC(C)c1scnc1NC(=O)N[C@H]1CC1(C)C. The lowest BCUT2D eigenvalue weighted by atomic mass is 10.2. The van der Waals surface area contributed by atoms with Crippen LogP contribution >= 0.6 is 11.3 Å². The Kier molecular flexibility index (Phi) is 3.12. The minimum atomic E-state index is -0.145. The summed E-state index contributed by atoms with van der Waals surface area (Å²) in [4.78, 5) is 17.1. The highest BCUT2D eigenvalue weighted by atomic mass is 32.1. The Labute approximate surface area is 106 Å². The highest BCUT2D eigenvalue weighted by Crippen LogP contribution is 2.44. The van der Waals surface area contributed by atoms with Crippen molar-refractivity contribution in [3.8, 4) is 0 Å². The smallest absolute Gasteiger partial charge is 0.320 e. The number of aromatic nitrogens is 1. The summed E-state index contributed by atoms with van der Waals surface area (Å²) >= 11 is 1.58. The first-order chi connectivity index (χ1) is 7.90. The van der Waals surface area contributed by atoms with E-state index in [1.165, 1.54) is 0 Å². The summed E-state index contributed by atoms with van der Waals surface area (Å²) in [5, 5.41) is 5.79. The summed E-state index contributed by atoms with van der Waals surface area (Å²) in [6, 6.07) is 0.150. The first-order valence-corrected chi connectivity index (χ1v) is 6.79. The molecule has 17 heavy (non-hydrogen) atoms. The van der Waals surface area contributed by atoms with Crippen LogP contribution < -0.4 is 10.6 Å². The quantitative estimate of drug-likeness (QED) is 0.869. The van der Waals surface area contributed by atoms with Crippen molar-refractivity contribution in [2.75, 3.05) is 5.32 Å². The lowest BCUT2D eigenvalue weighted by molar-refractivity contribution is 0.250. The van der Waals surface area contributed by atoms with Crippen LogP contribution in [0.25, 0.3) is 0 Å². The maximum Gasteiger partial charge on any atom is 0.320 e. The van der Waals surface area contributed by atoms with Gasteiger partial charge in [0.2, 0.25) is 0 Å². The Morgan fingerprint density at radius 2 is 2.24 bits per heavy atom. The predicted molar refractivity (Wildman–Crippen MR) is 70.5 cm³/mol. The molecule has 0 saturated heterocycles. The van der Waals surface area contributed by atoms with E-state index < -0.39 is 0 Å². The van der Waals surface area contributed by atoms with Crippen molar-refractivity contribution < 1.29 is 4.79 Å². The molecular weight excluding hydrogens is 234 g/mol. The standard InChI is InChI=1S/C12H19N3OS/c1-7(2)9-10(13-6-17-9)15-11(16)14-8-5-12(8,3)4/h6-8H,5H2,1-4H3,(H2,14,15,16)/t8-/m0/s1. The Hall–Kier alpha value is -1.10. The topological polar surface area (TPSA) is 54.0 Å². The van der Waals surface area contributed by atoms with Crippen LogP contribution in [0, 0.1) is 5.41 Å². The van der Waals surface area contributed by atoms with Gasteiger partial charge in [0, 0.05) is 6.04 Å². The van der Waals surface area contributed by atoms with Gasteiger partial charge in [-0.2, -0.15) is 0 Å². The zero-order chi connectivity index (χ0) is 12.6. The van der Waals surface area contributed by atoms with Crippen molar-refractivity contribution in [1.82, 2.24) is 10.3 Å². The number of nitrogens with zero attached hydrogens (tertiary/aromatic N) is 1. The summed E-state index contributed by atoms with van der Waals surface area (Å²) in [5.74, 6) is 1.08.